The largest absolute Gasteiger partial charge is 0.352 e. The van der Waals surface area contributed by atoms with Gasteiger partial charge in [0, 0.05) is 36.6 Å². The second-order valence-corrected chi connectivity index (χ2v) is 7.51. The lowest BCUT2D eigenvalue weighted by Crippen LogP contribution is -2.51. The van der Waals surface area contributed by atoms with Crippen LogP contribution < -0.4 is 10.2 Å². The molecule has 0 saturated carbocycles. The Kier molecular flexibility index (Phi) is 4.74. The Morgan fingerprint density at radius 1 is 1.35 bits per heavy atom. The molecule has 1 atom stereocenters. The maximum absolute atomic E-state index is 6.15. The second kappa shape index (κ2) is 7.17. The first-order chi connectivity index (χ1) is 12.6. The van der Waals surface area contributed by atoms with E-state index < -0.39 is 0 Å². The first kappa shape index (κ1) is 17.2. The van der Waals surface area contributed by atoms with Crippen LogP contribution in [0.4, 0.5) is 5.82 Å². The minimum atomic E-state index is 0.475. The fourth-order valence-electron chi connectivity index (χ4n) is 3.45. The van der Waals surface area contributed by atoms with Crippen LogP contribution in [-0.2, 0) is 0 Å². The molecule has 0 radical (unpaired) electrons. The summed E-state index contributed by atoms with van der Waals surface area (Å²) in [5, 5.41) is 20.3. The Balaban J connectivity index is 1.60. The SMILES string of the molecule is CC(C)C[C@H]1CN(c2cnnc(-c3ccc4n[nH]c(Cl)c4c3)n2)CCN1. The number of halogens is 1. The molecule has 1 aromatic carbocycles. The average molecular weight is 372 g/mol. The van der Waals surface area contributed by atoms with Crippen LogP contribution in [0.15, 0.2) is 24.4 Å². The lowest BCUT2D eigenvalue weighted by atomic mass is 10.0. The third-order valence-corrected chi connectivity index (χ3v) is 4.94. The Morgan fingerprint density at radius 2 is 2.23 bits per heavy atom. The van der Waals surface area contributed by atoms with Crippen molar-refractivity contribution in [3.8, 4) is 11.4 Å². The molecule has 2 N–H and O–H groups in total. The predicted octanol–water partition coefficient (Wildman–Crippen LogP) is 2.89. The standard InChI is InChI=1S/C18H22ClN7/c1-11(2)7-13-10-26(6-5-20-13)16-9-21-25-18(22-16)12-3-4-15-14(8-12)17(19)24-23-15/h3-4,8-9,11,13,20H,5-7,10H2,1-2H3,(H,23,24)/t13-/m0/s1. The highest BCUT2D eigenvalue weighted by Gasteiger charge is 2.22. The number of hydrogen-bond acceptors (Lipinski definition) is 6. The predicted molar refractivity (Wildman–Crippen MR) is 103 cm³/mol. The third-order valence-electron chi connectivity index (χ3n) is 4.65. The van der Waals surface area contributed by atoms with Gasteiger partial charge in [0.25, 0.3) is 0 Å². The molecule has 0 spiro atoms. The van der Waals surface area contributed by atoms with Gasteiger partial charge in [0.05, 0.1) is 11.7 Å². The number of hydrogen-bond donors (Lipinski definition) is 2. The van der Waals surface area contributed by atoms with E-state index in [2.05, 4.69) is 44.5 Å². The molecule has 7 nitrogen and oxygen atoms in total. The first-order valence-corrected chi connectivity index (χ1v) is 9.30. The van der Waals surface area contributed by atoms with E-state index in [0.29, 0.717) is 22.9 Å². The number of rotatable bonds is 4. The van der Waals surface area contributed by atoms with E-state index in [1.165, 1.54) is 0 Å². The Labute approximate surface area is 157 Å². The minimum absolute atomic E-state index is 0.475. The Bertz CT molecular complexity index is 907. The molecule has 136 valence electrons. The van der Waals surface area contributed by atoms with E-state index in [-0.39, 0.29) is 0 Å². The molecular weight excluding hydrogens is 350 g/mol. The molecule has 0 aliphatic carbocycles. The van der Waals surface area contributed by atoms with Crippen LogP contribution in [0.3, 0.4) is 0 Å². The maximum Gasteiger partial charge on any atom is 0.183 e. The summed E-state index contributed by atoms with van der Waals surface area (Å²) >= 11 is 6.15. The fraction of sp³-hybridized carbons (Fsp3) is 0.444. The summed E-state index contributed by atoms with van der Waals surface area (Å²) in [6.07, 6.45) is 2.89. The van der Waals surface area contributed by atoms with Gasteiger partial charge in [-0.05, 0) is 30.5 Å². The first-order valence-electron chi connectivity index (χ1n) is 8.92. The molecule has 1 saturated heterocycles. The van der Waals surface area contributed by atoms with Crippen molar-refractivity contribution < 1.29 is 0 Å². The summed E-state index contributed by atoms with van der Waals surface area (Å²) < 4.78 is 0. The zero-order chi connectivity index (χ0) is 18.1. The van der Waals surface area contributed by atoms with Gasteiger partial charge >= 0.3 is 0 Å². The molecule has 0 bridgehead atoms. The number of fused-ring (bicyclic) bond motifs is 1. The number of benzene rings is 1. The molecule has 4 rings (SSSR count). The average Bonchev–Trinajstić information content (AvgIpc) is 3.02. The summed E-state index contributed by atoms with van der Waals surface area (Å²) in [4.78, 5) is 7.03. The molecule has 1 aliphatic heterocycles. The number of piperazine rings is 1. The molecule has 3 heterocycles. The van der Waals surface area contributed by atoms with Crippen molar-refractivity contribution in [2.24, 2.45) is 5.92 Å². The van der Waals surface area contributed by atoms with Gasteiger partial charge in [-0.15, -0.1) is 5.10 Å². The quantitative estimate of drug-likeness (QED) is 0.733. The van der Waals surface area contributed by atoms with Gasteiger partial charge < -0.3 is 10.2 Å². The van der Waals surface area contributed by atoms with Crippen LogP contribution in [0, 0.1) is 5.92 Å². The summed E-state index contributed by atoms with van der Waals surface area (Å²) in [5.74, 6) is 2.13. The lowest BCUT2D eigenvalue weighted by Gasteiger charge is -2.35. The van der Waals surface area contributed by atoms with Crippen molar-refractivity contribution in [2.75, 3.05) is 24.5 Å². The van der Waals surface area contributed by atoms with Gasteiger partial charge in [0.2, 0.25) is 0 Å². The highest BCUT2D eigenvalue weighted by atomic mass is 35.5. The van der Waals surface area contributed by atoms with E-state index in [9.17, 15) is 0 Å². The number of aromatic nitrogens is 5. The molecule has 3 aromatic rings. The number of anilines is 1. The number of H-pyrrole nitrogens is 1. The Hall–Kier alpha value is -2.25. The van der Waals surface area contributed by atoms with Crippen LogP contribution in [0.5, 0.6) is 0 Å². The molecule has 0 amide bonds. The maximum atomic E-state index is 6.15. The van der Waals surface area contributed by atoms with Crippen LogP contribution in [0.1, 0.15) is 20.3 Å². The van der Waals surface area contributed by atoms with Gasteiger partial charge in [-0.3, -0.25) is 5.10 Å². The van der Waals surface area contributed by atoms with E-state index in [4.69, 9.17) is 16.6 Å². The second-order valence-electron chi connectivity index (χ2n) is 7.13. The molecule has 0 unspecified atom stereocenters. The van der Waals surface area contributed by atoms with Crippen molar-refractivity contribution >= 4 is 28.3 Å². The molecular formula is C18H22ClN7. The minimum Gasteiger partial charge on any atom is -0.352 e. The van der Waals surface area contributed by atoms with Crippen LogP contribution in [0.2, 0.25) is 5.15 Å². The normalized spacial score (nSPS) is 18.0. The topological polar surface area (TPSA) is 82.6 Å². The summed E-state index contributed by atoms with van der Waals surface area (Å²) in [7, 11) is 0. The van der Waals surface area contributed by atoms with E-state index in [1.54, 1.807) is 6.20 Å². The molecule has 1 fully saturated rings. The van der Waals surface area contributed by atoms with Gasteiger partial charge in [-0.1, -0.05) is 25.4 Å². The number of aromatic amines is 1. The highest BCUT2D eigenvalue weighted by Crippen LogP contribution is 2.26. The molecule has 1 aliphatic rings. The van der Waals surface area contributed by atoms with Gasteiger partial charge in [-0.2, -0.15) is 10.2 Å². The third kappa shape index (κ3) is 3.50. The van der Waals surface area contributed by atoms with Gasteiger partial charge in [0.15, 0.2) is 11.6 Å². The van der Waals surface area contributed by atoms with Crippen LogP contribution in [0.25, 0.3) is 22.3 Å². The van der Waals surface area contributed by atoms with Crippen molar-refractivity contribution in [1.82, 2.24) is 30.7 Å². The molecule has 8 heteroatoms. The van der Waals surface area contributed by atoms with E-state index in [1.807, 2.05) is 18.2 Å². The van der Waals surface area contributed by atoms with Crippen molar-refractivity contribution in [3.05, 3.63) is 29.5 Å². The van der Waals surface area contributed by atoms with Crippen LogP contribution in [-0.4, -0.2) is 51.1 Å². The molecule has 26 heavy (non-hydrogen) atoms. The molecule has 2 aromatic heterocycles. The summed E-state index contributed by atoms with van der Waals surface area (Å²) in [6.45, 7) is 7.31. The van der Waals surface area contributed by atoms with Gasteiger partial charge in [-0.25, -0.2) is 4.98 Å². The Morgan fingerprint density at radius 3 is 3.08 bits per heavy atom. The summed E-state index contributed by atoms with van der Waals surface area (Å²) in [5.41, 5.74) is 1.70. The van der Waals surface area contributed by atoms with E-state index in [0.717, 1.165) is 48.3 Å². The fourth-order valence-corrected chi connectivity index (χ4v) is 3.64. The highest BCUT2D eigenvalue weighted by molar-refractivity contribution is 6.34. The zero-order valence-electron chi connectivity index (χ0n) is 14.9. The monoisotopic (exact) mass is 371 g/mol. The van der Waals surface area contributed by atoms with Crippen molar-refractivity contribution in [2.45, 2.75) is 26.3 Å². The lowest BCUT2D eigenvalue weighted by molar-refractivity contribution is 0.387. The van der Waals surface area contributed by atoms with Crippen molar-refractivity contribution in [3.63, 3.8) is 0 Å². The van der Waals surface area contributed by atoms with Gasteiger partial charge in [0.1, 0.15) is 5.15 Å². The van der Waals surface area contributed by atoms with E-state index >= 15 is 0 Å². The number of nitrogens with zero attached hydrogens (tertiary/aromatic N) is 5. The smallest absolute Gasteiger partial charge is 0.183 e. The number of nitrogens with one attached hydrogen (secondary N) is 2. The van der Waals surface area contributed by atoms with Crippen LogP contribution >= 0.6 is 11.6 Å². The summed E-state index contributed by atoms with van der Waals surface area (Å²) in [6, 6.07) is 6.27. The van der Waals surface area contributed by atoms with Crippen molar-refractivity contribution in [1.29, 1.82) is 0 Å². The zero-order valence-corrected chi connectivity index (χ0v) is 15.7.